The van der Waals surface area contributed by atoms with Crippen LogP contribution in [0.3, 0.4) is 0 Å². The topological polar surface area (TPSA) is 46.0 Å². The van der Waals surface area contributed by atoms with Crippen LogP contribution in [-0.2, 0) is 4.74 Å². The zero-order valence-electron chi connectivity index (χ0n) is 18.8. The van der Waals surface area contributed by atoms with Gasteiger partial charge in [-0.2, -0.15) is 5.10 Å². The molecule has 1 aromatic heterocycles. The number of morpholine rings is 1. The first-order valence-corrected chi connectivity index (χ1v) is 11.6. The molecule has 0 aliphatic carbocycles. The van der Waals surface area contributed by atoms with Crippen molar-refractivity contribution in [2.75, 3.05) is 57.4 Å². The van der Waals surface area contributed by atoms with Crippen molar-refractivity contribution < 1.29 is 22.6 Å². The fourth-order valence-corrected chi connectivity index (χ4v) is 5.27. The molecular weight excluding hydrogens is 435 g/mol. The van der Waals surface area contributed by atoms with E-state index in [1.165, 1.54) is 25.0 Å². The number of ether oxygens (including phenoxy) is 2. The van der Waals surface area contributed by atoms with E-state index in [9.17, 15) is 13.2 Å². The van der Waals surface area contributed by atoms with Gasteiger partial charge in [-0.05, 0) is 44.0 Å². The predicted molar refractivity (Wildman–Crippen MR) is 118 cm³/mol. The number of hydrogen-bond donors (Lipinski definition) is 0. The SMILES string of the molecule is Cc1cc(N2CCN3C[C@H](N4CCOCC4)CC[C@H]3C2)nn1-c1ccc(OC(F)(F)F)cc1. The number of alkyl halides is 3. The molecule has 3 fully saturated rings. The Kier molecular flexibility index (Phi) is 6.24. The first-order chi connectivity index (χ1) is 15.9. The Bertz CT molecular complexity index is 943. The van der Waals surface area contributed by atoms with Crippen LogP contribution in [0, 0.1) is 6.92 Å². The van der Waals surface area contributed by atoms with Gasteiger partial charge in [0.25, 0.3) is 0 Å². The van der Waals surface area contributed by atoms with Crippen molar-refractivity contribution in [1.82, 2.24) is 19.6 Å². The van der Waals surface area contributed by atoms with Gasteiger partial charge in [0.2, 0.25) is 0 Å². The first kappa shape index (κ1) is 22.5. The molecule has 5 rings (SSSR count). The third-order valence-corrected chi connectivity index (χ3v) is 6.96. The Morgan fingerprint density at radius 3 is 2.33 bits per heavy atom. The molecule has 0 radical (unpaired) electrons. The van der Waals surface area contributed by atoms with Crippen LogP contribution in [-0.4, -0.2) is 90.5 Å². The normalized spacial score (nSPS) is 25.2. The summed E-state index contributed by atoms with van der Waals surface area (Å²) in [4.78, 5) is 7.55. The van der Waals surface area contributed by atoms with Gasteiger partial charge in [-0.3, -0.25) is 9.80 Å². The molecule has 0 unspecified atom stereocenters. The molecule has 33 heavy (non-hydrogen) atoms. The number of piperazine rings is 1. The molecule has 4 heterocycles. The summed E-state index contributed by atoms with van der Waals surface area (Å²) in [6.07, 6.45) is -2.30. The largest absolute Gasteiger partial charge is 0.573 e. The molecule has 2 atom stereocenters. The average Bonchev–Trinajstić information content (AvgIpc) is 3.20. The monoisotopic (exact) mass is 465 g/mol. The highest BCUT2D eigenvalue weighted by Gasteiger charge is 2.36. The summed E-state index contributed by atoms with van der Waals surface area (Å²) < 4.78 is 48.5. The Labute approximate surface area is 191 Å². The Hall–Kier alpha value is -2.30. The van der Waals surface area contributed by atoms with E-state index in [0.717, 1.165) is 64.0 Å². The van der Waals surface area contributed by atoms with Crippen molar-refractivity contribution in [1.29, 1.82) is 0 Å². The van der Waals surface area contributed by atoms with Gasteiger partial charge in [-0.15, -0.1) is 13.2 Å². The molecule has 3 saturated heterocycles. The number of hydrogen-bond acceptors (Lipinski definition) is 6. The van der Waals surface area contributed by atoms with E-state index >= 15 is 0 Å². The van der Waals surface area contributed by atoms with Gasteiger partial charge in [-0.25, -0.2) is 4.68 Å². The maximum Gasteiger partial charge on any atom is 0.573 e. The van der Waals surface area contributed by atoms with Crippen LogP contribution in [0.2, 0.25) is 0 Å². The fourth-order valence-electron chi connectivity index (χ4n) is 5.27. The molecule has 7 nitrogen and oxygen atoms in total. The van der Waals surface area contributed by atoms with Crippen LogP contribution in [0.25, 0.3) is 5.69 Å². The van der Waals surface area contributed by atoms with E-state index in [1.807, 2.05) is 6.92 Å². The summed E-state index contributed by atoms with van der Waals surface area (Å²) in [6.45, 7) is 9.72. The number of piperidine rings is 1. The average molecular weight is 466 g/mol. The molecule has 3 aliphatic rings. The van der Waals surface area contributed by atoms with Crippen LogP contribution in [0.15, 0.2) is 30.3 Å². The third kappa shape index (κ3) is 5.12. The zero-order chi connectivity index (χ0) is 23.0. The number of halogens is 3. The smallest absolute Gasteiger partial charge is 0.406 e. The number of nitrogens with zero attached hydrogens (tertiary/aromatic N) is 5. The molecule has 2 aromatic rings. The predicted octanol–water partition coefficient (Wildman–Crippen LogP) is 3.06. The highest BCUT2D eigenvalue weighted by atomic mass is 19.4. The van der Waals surface area contributed by atoms with Gasteiger partial charge in [0, 0.05) is 63.1 Å². The second kappa shape index (κ2) is 9.15. The molecule has 0 amide bonds. The molecule has 180 valence electrons. The number of aromatic nitrogens is 2. The molecule has 1 aromatic carbocycles. The van der Waals surface area contributed by atoms with E-state index in [2.05, 4.69) is 25.5 Å². The summed E-state index contributed by atoms with van der Waals surface area (Å²) in [7, 11) is 0. The van der Waals surface area contributed by atoms with Gasteiger partial charge >= 0.3 is 6.36 Å². The molecule has 0 saturated carbocycles. The van der Waals surface area contributed by atoms with Gasteiger partial charge in [-0.1, -0.05) is 0 Å². The van der Waals surface area contributed by atoms with Crippen molar-refractivity contribution in [3.05, 3.63) is 36.0 Å². The van der Waals surface area contributed by atoms with E-state index < -0.39 is 6.36 Å². The molecule has 0 bridgehead atoms. The number of anilines is 1. The second-order valence-corrected chi connectivity index (χ2v) is 9.07. The fraction of sp³-hybridized carbons (Fsp3) is 0.609. The molecule has 3 aliphatic heterocycles. The van der Waals surface area contributed by atoms with Crippen LogP contribution in [0.1, 0.15) is 18.5 Å². The second-order valence-electron chi connectivity index (χ2n) is 9.07. The minimum atomic E-state index is -4.69. The van der Waals surface area contributed by atoms with Crippen LogP contribution >= 0.6 is 0 Å². The van der Waals surface area contributed by atoms with Crippen molar-refractivity contribution >= 4 is 5.82 Å². The van der Waals surface area contributed by atoms with E-state index in [0.29, 0.717) is 17.8 Å². The molecule has 10 heteroatoms. The maximum atomic E-state index is 12.4. The number of aryl methyl sites for hydroxylation is 1. The van der Waals surface area contributed by atoms with Crippen LogP contribution < -0.4 is 9.64 Å². The maximum absolute atomic E-state index is 12.4. The lowest BCUT2D eigenvalue weighted by Crippen LogP contribution is -2.61. The minimum Gasteiger partial charge on any atom is -0.406 e. The number of benzene rings is 1. The van der Waals surface area contributed by atoms with Crippen molar-refractivity contribution in [2.24, 2.45) is 0 Å². The lowest BCUT2D eigenvalue weighted by molar-refractivity contribution is -0.274. The number of rotatable bonds is 4. The van der Waals surface area contributed by atoms with Gasteiger partial charge in [0.15, 0.2) is 5.82 Å². The van der Waals surface area contributed by atoms with Gasteiger partial charge in [0.05, 0.1) is 18.9 Å². The Morgan fingerprint density at radius 2 is 1.64 bits per heavy atom. The van der Waals surface area contributed by atoms with Gasteiger partial charge < -0.3 is 14.4 Å². The summed E-state index contributed by atoms with van der Waals surface area (Å²) >= 11 is 0. The summed E-state index contributed by atoms with van der Waals surface area (Å²) in [6, 6.07) is 9.02. The Morgan fingerprint density at radius 1 is 0.939 bits per heavy atom. The number of fused-ring (bicyclic) bond motifs is 1. The van der Waals surface area contributed by atoms with Crippen molar-refractivity contribution in [2.45, 2.75) is 38.2 Å². The summed E-state index contributed by atoms with van der Waals surface area (Å²) in [5, 5.41) is 4.77. The van der Waals surface area contributed by atoms with Crippen LogP contribution in [0.5, 0.6) is 5.75 Å². The van der Waals surface area contributed by atoms with Crippen LogP contribution in [0.4, 0.5) is 19.0 Å². The standard InChI is InChI=1S/C23H30F3N5O2/c1-17-14-22(27-31(17)18-4-6-21(7-5-18)33-23(24,25)26)30-9-8-29-15-19(2-3-20(29)16-30)28-10-12-32-13-11-28/h4-7,14,19-20H,2-3,8-13,15-16H2,1H3/t19-,20+/m1/s1. The van der Waals surface area contributed by atoms with E-state index in [1.54, 1.807) is 16.8 Å². The highest BCUT2D eigenvalue weighted by Crippen LogP contribution is 2.29. The van der Waals surface area contributed by atoms with E-state index in [4.69, 9.17) is 9.84 Å². The zero-order valence-corrected chi connectivity index (χ0v) is 18.8. The third-order valence-electron chi connectivity index (χ3n) is 6.96. The Balaban J connectivity index is 1.22. The van der Waals surface area contributed by atoms with Crippen molar-refractivity contribution in [3.63, 3.8) is 0 Å². The van der Waals surface area contributed by atoms with E-state index in [-0.39, 0.29) is 5.75 Å². The summed E-state index contributed by atoms with van der Waals surface area (Å²) in [5.74, 6) is 0.679. The molecular formula is C23H30F3N5O2. The quantitative estimate of drug-likeness (QED) is 0.692. The minimum absolute atomic E-state index is 0.236. The first-order valence-electron chi connectivity index (χ1n) is 11.6. The lowest BCUT2D eigenvalue weighted by atomic mass is 9.94. The lowest BCUT2D eigenvalue weighted by Gasteiger charge is -2.49. The summed E-state index contributed by atoms with van der Waals surface area (Å²) in [5.41, 5.74) is 1.64. The highest BCUT2D eigenvalue weighted by molar-refractivity contribution is 5.45. The molecule has 0 spiro atoms. The van der Waals surface area contributed by atoms with Gasteiger partial charge in [0.1, 0.15) is 5.75 Å². The molecule has 0 N–H and O–H groups in total. The van der Waals surface area contributed by atoms with Crippen molar-refractivity contribution in [3.8, 4) is 11.4 Å².